The van der Waals surface area contributed by atoms with Crippen LogP contribution < -0.4 is 0 Å². The summed E-state index contributed by atoms with van der Waals surface area (Å²) in [5, 5.41) is 16.9. The van der Waals surface area contributed by atoms with Crippen molar-refractivity contribution in [1.29, 1.82) is 0 Å². The predicted octanol–water partition coefficient (Wildman–Crippen LogP) is 0.553. The molecule has 0 aromatic heterocycles. The lowest BCUT2D eigenvalue weighted by atomic mass is 10.0. The summed E-state index contributed by atoms with van der Waals surface area (Å²) in [7, 11) is 0. The molecule has 0 unspecified atom stereocenters. The molecule has 2 N–H and O–H groups in total. The standard InChI is InChI=1S/C7H14O2/c1-2-7(3-5-8)4-6-9/h2,7-9H,1,3-6H2. The predicted molar refractivity (Wildman–Crippen MR) is 37.1 cm³/mol. The average molecular weight is 130 g/mol. The van der Waals surface area contributed by atoms with Gasteiger partial charge in [-0.3, -0.25) is 0 Å². The first kappa shape index (κ1) is 8.66. The molecule has 0 aliphatic carbocycles. The number of rotatable bonds is 5. The van der Waals surface area contributed by atoms with Gasteiger partial charge in [0.25, 0.3) is 0 Å². The average Bonchev–Trinajstić information content (AvgIpc) is 1.88. The third-order valence-electron chi connectivity index (χ3n) is 1.33. The molecule has 0 saturated heterocycles. The van der Waals surface area contributed by atoms with Crippen LogP contribution in [-0.2, 0) is 0 Å². The lowest BCUT2D eigenvalue weighted by Gasteiger charge is -2.06. The Balaban J connectivity index is 3.29. The van der Waals surface area contributed by atoms with E-state index in [1.54, 1.807) is 6.08 Å². The van der Waals surface area contributed by atoms with Crippen LogP contribution in [0, 0.1) is 5.92 Å². The molecule has 0 bridgehead atoms. The fourth-order valence-electron chi connectivity index (χ4n) is 0.712. The summed E-state index contributed by atoms with van der Waals surface area (Å²) in [5.41, 5.74) is 0. The molecule has 2 nitrogen and oxygen atoms in total. The SMILES string of the molecule is C=CC(CCO)CCO. The molecule has 0 aliphatic rings. The Kier molecular flexibility index (Phi) is 5.57. The number of hydrogen-bond donors (Lipinski definition) is 2. The number of allylic oxidation sites excluding steroid dienone is 1. The first-order chi connectivity index (χ1) is 4.35. The number of aliphatic hydroxyl groups excluding tert-OH is 2. The van der Waals surface area contributed by atoms with E-state index in [2.05, 4.69) is 6.58 Å². The number of hydrogen-bond acceptors (Lipinski definition) is 2. The molecule has 0 saturated carbocycles. The van der Waals surface area contributed by atoms with Gasteiger partial charge < -0.3 is 10.2 Å². The van der Waals surface area contributed by atoms with Crippen LogP contribution in [0.25, 0.3) is 0 Å². The molecule has 0 spiro atoms. The Morgan fingerprint density at radius 3 is 1.89 bits per heavy atom. The van der Waals surface area contributed by atoms with Gasteiger partial charge in [-0.15, -0.1) is 6.58 Å². The van der Waals surface area contributed by atoms with Gasteiger partial charge in [-0.1, -0.05) is 6.08 Å². The van der Waals surface area contributed by atoms with Crippen molar-refractivity contribution in [2.45, 2.75) is 12.8 Å². The first-order valence-electron chi connectivity index (χ1n) is 3.19. The van der Waals surface area contributed by atoms with Gasteiger partial charge in [-0.2, -0.15) is 0 Å². The first-order valence-corrected chi connectivity index (χ1v) is 3.19. The Bertz CT molecular complexity index is 65.3. The Morgan fingerprint density at radius 1 is 1.22 bits per heavy atom. The third kappa shape index (κ3) is 4.18. The van der Waals surface area contributed by atoms with Crippen molar-refractivity contribution in [2.24, 2.45) is 5.92 Å². The monoisotopic (exact) mass is 130 g/mol. The van der Waals surface area contributed by atoms with Crippen LogP contribution in [0.1, 0.15) is 12.8 Å². The maximum Gasteiger partial charge on any atom is 0.0436 e. The fraction of sp³-hybridized carbons (Fsp3) is 0.714. The van der Waals surface area contributed by atoms with E-state index < -0.39 is 0 Å². The van der Waals surface area contributed by atoms with Gasteiger partial charge in [0.15, 0.2) is 0 Å². The molecule has 0 fully saturated rings. The highest BCUT2D eigenvalue weighted by molar-refractivity contribution is 4.77. The molecular weight excluding hydrogens is 116 g/mol. The summed E-state index contributed by atoms with van der Waals surface area (Å²) in [6.45, 7) is 3.93. The molecule has 2 heteroatoms. The van der Waals surface area contributed by atoms with E-state index in [0.717, 1.165) is 0 Å². The molecule has 0 radical (unpaired) electrons. The van der Waals surface area contributed by atoms with Crippen LogP contribution in [0.15, 0.2) is 12.7 Å². The van der Waals surface area contributed by atoms with Crippen molar-refractivity contribution in [3.8, 4) is 0 Å². The normalized spacial score (nSPS) is 10.1. The quantitative estimate of drug-likeness (QED) is 0.534. The van der Waals surface area contributed by atoms with Crippen LogP contribution >= 0.6 is 0 Å². The van der Waals surface area contributed by atoms with Gasteiger partial charge in [-0.05, 0) is 18.8 Å². The number of aliphatic hydroxyl groups is 2. The topological polar surface area (TPSA) is 40.5 Å². The summed E-state index contributed by atoms with van der Waals surface area (Å²) in [6.07, 6.45) is 3.20. The Labute approximate surface area is 55.8 Å². The van der Waals surface area contributed by atoms with Gasteiger partial charge in [0.05, 0.1) is 0 Å². The minimum absolute atomic E-state index is 0.177. The highest BCUT2D eigenvalue weighted by Gasteiger charge is 2.00. The van der Waals surface area contributed by atoms with Crippen molar-refractivity contribution in [2.75, 3.05) is 13.2 Å². The molecule has 0 heterocycles. The van der Waals surface area contributed by atoms with Crippen LogP contribution in [0.2, 0.25) is 0 Å². The van der Waals surface area contributed by atoms with Crippen LogP contribution in [-0.4, -0.2) is 23.4 Å². The van der Waals surface area contributed by atoms with Crippen molar-refractivity contribution < 1.29 is 10.2 Å². The van der Waals surface area contributed by atoms with E-state index >= 15 is 0 Å². The van der Waals surface area contributed by atoms with Gasteiger partial charge in [0, 0.05) is 13.2 Å². The Hall–Kier alpha value is -0.340. The van der Waals surface area contributed by atoms with E-state index in [-0.39, 0.29) is 19.1 Å². The van der Waals surface area contributed by atoms with Crippen LogP contribution in [0.4, 0.5) is 0 Å². The molecule has 0 rings (SSSR count). The minimum atomic E-state index is 0.177. The summed E-state index contributed by atoms with van der Waals surface area (Å²) < 4.78 is 0. The second-order valence-corrected chi connectivity index (χ2v) is 2.02. The maximum atomic E-state index is 8.46. The molecule has 0 aliphatic heterocycles. The Morgan fingerprint density at radius 2 is 1.67 bits per heavy atom. The largest absolute Gasteiger partial charge is 0.396 e. The van der Waals surface area contributed by atoms with E-state index in [1.807, 2.05) is 0 Å². The second kappa shape index (κ2) is 5.79. The third-order valence-corrected chi connectivity index (χ3v) is 1.33. The summed E-state index contributed by atoms with van der Waals surface area (Å²) in [5.74, 6) is 0.278. The molecule has 0 atom stereocenters. The van der Waals surface area contributed by atoms with Gasteiger partial charge in [0.1, 0.15) is 0 Å². The van der Waals surface area contributed by atoms with E-state index in [0.29, 0.717) is 12.8 Å². The highest BCUT2D eigenvalue weighted by Crippen LogP contribution is 2.07. The lowest BCUT2D eigenvalue weighted by Crippen LogP contribution is -2.01. The molecular formula is C7H14O2. The fourth-order valence-corrected chi connectivity index (χ4v) is 0.712. The minimum Gasteiger partial charge on any atom is -0.396 e. The van der Waals surface area contributed by atoms with Crippen molar-refractivity contribution >= 4 is 0 Å². The van der Waals surface area contributed by atoms with Gasteiger partial charge in [-0.25, -0.2) is 0 Å². The molecule has 0 aromatic carbocycles. The van der Waals surface area contributed by atoms with Crippen molar-refractivity contribution in [3.63, 3.8) is 0 Å². The highest BCUT2D eigenvalue weighted by atomic mass is 16.3. The van der Waals surface area contributed by atoms with E-state index in [4.69, 9.17) is 10.2 Å². The summed E-state index contributed by atoms with van der Waals surface area (Å²) in [6, 6.07) is 0. The lowest BCUT2D eigenvalue weighted by molar-refractivity contribution is 0.234. The zero-order valence-corrected chi connectivity index (χ0v) is 5.58. The zero-order valence-electron chi connectivity index (χ0n) is 5.58. The van der Waals surface area contributed by atoms with Crippen LogP contribution in [0.3, 0.4) is 0 Å². The zero-order chi connectivity index (χ0) is 7.11. The van der Waals surface area contributed by atoms with Crippen LogP contribution in [0.5, 0.6) is 0 Å². The smallest absolute Gasteiger partial charge is 0.0436 e. The maximum absolute atomic E-state index is 8.46. The molecule has 54 valence electrons. The van der Waals surface area contributed by atoms with E-state index in [1.165, 1.54) is 0 Å². The summed E-state index contributed by atoms with van der Waals surface area (Å²) in [4.78, 5) is 0. The molecule has 9 heavy (non-hydrogen) atoms. The molecule has 0 aromatic rings. The van der Waals surface area contributed by atoms with Gasteiger partial charge in [0.2, 0.25) is 0 Å². The molecule has 0 amide bonds. The van der Waals surface area contributed by atoms with E-state index in [9.17, 15) is 0 Å². The van der Waals surface area contributed by atoms with Crippen molar-refractivity contribution in [3.05, 3.63) is 12.7 Å². The van der Waals surface area contributed by atoms with Crippen molar-refractivity contribution in [1.82, 2.24) is 0 Å². The summed E-state index contributed by atoms with van der Waals surface area (Å²) >= 11 is 0. The second-order valence-electron chi connectivity index (χ2n) is 2.02. The van der Waals surface area contributed by atoms with Gasteiger partial charge >= 0.3 is 0 Å².